The van der Waals surface area contributed by atoms with E-state index >= 15 is 0 Å². The number of hydrogen-bond donors (Lipinski definition) is 2. The van der Waals surface area contributed by atoms with Gasteiger partial charge in [0.2, 0.25) is 5.78 Å². The number of aromatic hydroxyl groups is 2. The molecule has 0 aliphatic heterocycles. The van der Waals surface area contributed by atoms with E-state index in [4.69, 9.17) is 0 Å². The number of benzene rings is 3. The molecule has 3 aromatic carbocycles. The maximum atomic E-state index is 13.2. The Hall–Kier alpha value is -3.73. The molecule has 0 bridgehead atoms. The topological polar surface area (TPSA) is 70.4 Å². The molecule has 0 unspecified atom stereocenters. The van der Waals surface area contributed by atoms with Gasteiger partial charge in [-0.1, -0.05) is 24.3 Å². The van der Waals surface area contributed by atoms with Crippen molar-refractivity contribution in [1.29, 1.82) is 0 Å². The van der Waals surface area contributed by atoms with E-state index in [1.165, 1.54) is 6.07 Å². The summed E-state index contributed by atoms with van der Waals surface area (Å²) in [5.74, 6) is -1.52. The highest BCUT2D eigenvalue weighted by atomic mass is 19.1. The summed E-state index contributed by atoms with van der Waals surface area (Å²) in [7, 11) is 0. The number of fused-ring (bicyclic) bond motifs is 1. The third kappa shape index (κ3) is 3.18. The number of pyridine rings is 1. The molecule has 0 saturated heterocycles. The summed E-state index contributed by atoms with van der Waals surface area (Å²) in [5.41, 5.74) is 3.62. The van der Waals surface area contributed by atoms with Gasteiger partial charge in [0.1, 0.15) is 11.4 Å². The van der Waals surface area contributed by atoms with Crippen LogP contribution in [0.1, 0.15) is 21.6 Å². The molecule has 0 atom stereocenters. The third-order valence-corrected chi connectivity index (χ3v) is 4.66. The molecule has 0 fully saturated rings. The van der Waals surface area contributed by atoms with Gasteiger partial charge < -0.3 is 10.2 Å². The van der Waals surface area contributed by atoms with Gasteiger partial charge in [-0.2, -0.15) is 0 Å². The number of phenolic OH excluding ortho intramolecular Hbond substituents is 2. The lowest BCUT2D eigenvalue weighted by Gasteiger charge is -2.08. The van der Waals surface area contributed by atoms with Crippen molar-refractivity contribution in [1.82, 2.24) is 4.98 Å². The van der Waals surface area contributed by atoms with Crippen molar-refractivity contribution in [3.8, 4) is 22.6 Å². The Morgan fingerprint density at radius 1 is 0.857 bits per heavy atom. The molecule has 4 aromatic rings. The first kappa shape index (κ1) is 17.7. The van der Waals surface area contributed by atoms with Crippen LogP contribution in [0.15, 0.2) is 66.7 Å². The molecule has 2 N–H and O–H groups in total. The highest BCUT2D eigenvalue weighted by Crippen LogP contribution is 2.28. The van der Waals surface area contributed by atoms with Gasteiger partial charge in [-0.25, -0.2) is 9.37 Å². The standard InChI is InChI=1S/C23H16FNO3/c1-13-10-15(6-9-21(13)26)16-3-2-14-5-8-19(25-20(14)11-16)23(28)17-4-7-18(24)22(27)12-17/h2-12,26-27H,1H3. The Labute approximate surface area is 160 Å². The highest BCUT2D eigenvalue weighted by Gasteiger charge is 2.14. The summed E-state index contributed by atoms with van der Waals surface area (Å²) in [4.78, 5) is 17.1. The van der Waals surface area contributed by atoms with Crippen LogP contribution in [-0.4, -0.2) is 21.0 Å². The lowest BCUT2D eigenvalue weighted by atomic mass is 10.0. The van der Waals surface area contributed by atoms with E-state index in [0.29, 0.717) is 5.52 Å². The van der Waals surface area contributed by atoms with E-state index < -0.39 is 17.3 Å². The fourth-order valence-corrected chi connectivity index (χ4v) is 3.06. The van der Waals surface area contributed by atoms with Gasteiger partial charge in [-0.15, -0.1) is 0 Å². The van der Waals surface area contributed by atoms with E-state index in [1.807, 2.05) is 37.3 Å². The first-order valence-electron chi connectivity index (χ1n) is 8.66. The molecule has 4 rings (SSSR count). The Kier molecular flexibility index (Phi) is 4.28. The number of carbonyl (C=O) groups is 1. The SMILES string of the molecule is Cc1cc(-c2ccc3ccc(C(=O)c4ccc(F)c(O)c4)nc3c2)ccc1O. The Balaban J connectivity index is 1.76. The zero-order valence-corrected chi connectivity index (χ0v) is 15.0. The van der Waals surface area contributed by atoms with Crippen LogP contribution in [0.4, 0.5) is 4.39 Å². The van der Waals surface area contributed by atoms with Crippen LogP contribution in [0.3, 0.4) is 0 Å². The molecule has 0 amide bonds. The van der Waals surface area contributed by atoms with E-state index in [0.717, 1.165) is 34.2 Å². The van der Waals surface area contributed by atoms with E-state index in [2.05, 4.69) is 4.98 Å². The molecule has 138 valence electrons. The number of halogens is 1. The monoisotopic (exact) mass is 373 g/mol. The molecule has 0 spiro atoms. The molecule has 28 heavy (non-hydrogen) atoms. The van der Waals surface area contributed by atoms with Gasteiger partial charge in [0.15, 0.2) is 11.6 Å². The van der Waals surface area contributed by atoms with E-state index in [9.17, 15) is 19.4 Å². The highest BCUT2D eigenvalue weighted by molar-refractivity contribution is 6.08. The van der Waals surface area contributed by atoms with Crippen LogP contribution < -0.4 is 0 Å². The minimum atomic E-state index is -0.781. The summed E-state index contributed by atoms with van der Waals surface area (Å²) in [6.45, 7) is 1.83. The van der Waals surface area contributed by atoms with Crippen molar-refractivity contribution in [2.45, 2.75) is 6.92 Å². The van der Waals surface area contributed by atoms with Crippen LogP contribution in [0, 0.1) is 12.7 Å². The molecular formula is C23H16FNO3. The second-order valence-corrected chi connectivity index (χ2v) is 6.60. The Bertz CT molecular complexity index is 1230. The van der Waals surface area contributed by atoms with Gasteiger partial charge in [0.25, 0.3) is 0 Å². The second-order valence-electron chi connectivity index (χ2n) is 6.60. The van der Waals surface area contributed by atoms with Gasteiger partial charge in [0.05, 0.1) is 5.52 Å². The summed E-state index contributed by atoms with van der Waals surface area (Å²) in [6, 6.07) is 18.0. The number of aryl methyl sites for hydroxylation is 1. The van der Waals surface area contributed by atoms with Gasteiger partial charge in [-0.05, 0) is 66.1 Å². The van der Waals surface area contributed by atoms with Crippen LogP contribution >= 0.6 is 0 Å². The summed E-state index contributed by atoms with van der Waals surface area (Å²) in [5, 5.41) is 20.1. The molecule has 0 radical (unpaired) electrons. The van der Waals surface area contributed by atoms with Crippen molar-refractivity contribution < 1.29 is 19.4 Å². The summed E-state index contributed by atoms with van der Waals surface area (Å²) in [6.07, 6.45) is 0. The number of rotatable bonds is 3. The predicted octanol–water partition coefficient (Wildman–Crippen LogP) is 4.99. The lowest BCUT2D eigenvalue weighted by Crippen LogP contribution is -2.04. The minimum absolute atomic E-state index is 0.163. The van der Waals surface area contributed by atoms with Crippen molar-refractivity contribution in [2.75, 3.05) is 0 Å². The third-order valence-electron chi connectivity index (χ3n) is 4.66. The summed E-state index contributed by atoms with van der Waals surface area (Å²) >= 11 is 0. The maximum Gasteiger partial charge on any atom is 0.211 e. The second kappa shape index (κ2) is 6.78. The average Bonchev–Trinajstić information content (AvgIpc) is 2.70. The number of hydrogen-bond acceptors (Lipinski definition) is 4. The molecule has 4 nitrogen and oxygen atoms in total. The van der Waals surface area contributed by atoms with Crippen molar-refractivity contribution in [3.05, 3.63) is 89.4 Å². The lowest BCUT2D eigenvalue weighted by molar-refractivity contribution is 0.103. The van der Waals surface area contributed by atoms with Gasteiger partial charge in [0, 0.05) is 10.9 Å². The first-order valence-corrected chi connectivity index (χ1v) is 8.66. The van der Waals surface area contributed by atoms with Crippen molar-refractivity contribution in [3.63, 3.8) is 0 Å². The Morgan fingerprint density at radius 3 is 2.32 bits per heavy atom. The van der Waals surface area contributed by atoms with Crippen LogP contribution in [-0.2, 0) is 0 Å². The average molecular weight is 373 g/mol. The fourth-order valence-electron chi connectivity index (χ4n) is 3.06. The predicted molar refractivity (Wildman–Crippen MR) is 105 cm³/mol. The zero-order valence-electron chi connectivity index (χ0n) is 15.0. The number of phenols is 2. The van der Waals surface area contributed by atoms with Crippen molar-refractivity contribution in [2.24, 2.45) is 0 Å². The first-order chi connectivity index (χ1) is 13.4. The summed E-state index contributed by atoms with van der Waals surface area (Å²) < 4.78 is 13.2. The van der Waals surface area contributed by atoms with E-state index in [-0.39, 0.29) is 17.0 Å². The van der Waals surface area contributed by atoms with Gasteiger partial charge in [-0.3, -0.25) is 4.79 Å². The smallest absolute Gasteiger partial charge is 0.211 e. The minimum Gasteiger partial charge on any atom is -0.508 e. The molecule has 1 aromatic heterocycles. The number of nitrogens with zero attached hydrogens (tertiary/aromatic N) is 1. The fraction of sp³-hybridized carbons (Fsp3) is 0.0435. The molecule has 0 saturated carbocycles. The zero-order chi connectivity index (χ0) is 19.8. The molecular weight excluding hydrogens is 357 g/mol. The number of carbonyl (C=O) groups excluding carboxylic acids is 1. The molecule has 0 aliphatic carbocycles. The van der Waals surface area contributed by atoms with Crippen LogP contribution in [0.25, 0.3) is 22.0 Å². The number of ketones is 1. The molecule has 1 heterocycles. The molecule has 0 aliphatic rings. The van der Waals surface area contributed by atoms with Crippen LogP contribution in [0.2, 0.25) is 0 Å². The van der Waals surface area contributed by atoms with E-state index in [1.54, 1.807) is 18.2 Å². The Morgan fingerprint density at radius 2 is 1.57 bits per heavy atom. The maximum absolute atomic E-state index is 13.2. The largest absolute Gasteiger partial charge is 0.508 e. The number of aromatic nitrogens is 1. The normalized spacial score (nSPS) is 10.9. The van der Waals surface area contributed by atoms with Crippen LogP contribution in [0.5, 0.6) is 11.5 Å². The quantitative estimate of drug-likeness (QED) is 0.496. The van der Waals surface area contributed by atoms with Gasteiger partial charge >= 0.3 is 0 Å². The van der Waals surface area contributed by atoms with Crippen molar-refractivity contribution >= 4 is 16.7 Å². The molecule has 5 heteroatoms.